The monoisotopic (exact) mass is 422 g/mol. The summed E-state index contributed by atoms with van der Waals surface area (Å²) in [6.07, 6.45) is 6.78. The number of nitrogens with one attached hydrogen (secondary N) is 2. The molecule has 0 unspecified atom stereocenters. The summed E-state index contributed by atoms with van der Waals surface area (Å²) in [5.74, 6) is 1.81. The predicted octanol–water partition coefficient (Wildman–Crippen LogP) is 3.66. The molecule has 2 N–H and O–H groups in total. The molecule has 1 heterocycles. The fourth-order valence-corrected chi connectivity index (χ4v) is 2.29. The molecule has 128 valence electrons. The first-order valence-corrected chi connectivity index (χ1v) is 8.17. The van der Waals surface area contributed by atoms with Crippen molar-refractivity contribution in [3.05, 3.63) is 17.0 Å². The molecule has 0 aliphatic rings. The average molecular weight is 422 g/mol. The molecule has 0 spiro atoms. The Labute approximate surface area is 151 Å². The molecule has 0 radical (unpaired) electrons. The van der Waals surface area contributed by atoms with Gasteiger partial charge < -0.3 is 15.2 Å². The van der Waals surface area contributed by atoms with Crippen molar-refractivity contribution < 1.29 is 4.52 Å². The summed E-state index contributed by atoms with van der Waals surface area (Å²) >= 11 is 0. The van der Waals surface area contributed by atoms with Crippen molar-refractivity contribution in [1.82, 2.24) is 15.8 Å². The maximum Gasteiger partial charge on any atom is 0.191 e. The van der Waals surface area contributed by atoms with Gasteiger partial charge in [0.15, 0.2) is 5.96 Å². The highest BCUT2D eigenvalue weighted by Gasteiger charge is 2.13. The number of aromatic nitrogens is 1. The van der Waals surface area contributed by atoms with Crippen LogP contribution in [0.4, 0.5) is 0 Å². The number of aliphatic imine (C=N–C) groups is 1. The van der Waals surface area contributed by atoms with E-state index in [1.165, 1.54) is 31.2 Å². The van der Waals surface area contributed by atoms with Crippen LogP contribution < -0.4 is 10.6 Å². The second kappa shape index (κ2) is 12.7. The fourth-order valence-electron chi connectivity index (χ4n) is 2.29. The van der Waals surface area contributed by atoms with Crippen molar-refractivity contribution in [2.75, 3.05) is 13.6 Å². The average Bonchev–Trinajstić information content (AvgIpc) is 2.92. The van der Waals surface area contributed by atoms with Gasteiger partial charge in [-0.1, -0.05) is 45.2 Å². The van der Waals surface area contributed by atoms with Crippen LogP contribution in [0.1, 0.15) is 63.5 Å². The van der Waals surface area contributed by atoms with Crippen LogP contribution in [0, 0.1) is 0 Å². The van der Waals surface area contributed by atoms with Crippen LogP contribution in [0.3, 0.4) is 0 Å². The van der Waals surface area contributed by atoms with Gasteiger partial charge >= 0.3 is 0 Å². The molecule has 0 atom stereocenters. The number of nitrogens with zero attached hydrogens (tertiary/aromatic N) is 2. The molecule has 5 nitrogen and oxygen atoms in total. The molecule has 1 rings (SSSR count). The number of hydrogen-bond acceptors (Lipinski definition) is 3. The van der Waals surface area contributed by atoms with Crippen molar-refractivity contribution in [3.8, 4) is 0 Å². The van der Waals surface area contributed by atoms with Gasteiger partial charge in [-0.15, -0.1) is 24.0 Å². The number of halogens is 1. The van der Waals surface area contributed by atoms with Crippen molar-refractivity contribution in [1.29, 1.82) is 0 Å². The summed E-state index contributed by atoms with van der Waals surface area (Å²) in [5.41, 5.74) is 2.21. The van der Waals surface area contributed by atoms with Crippen LogP contribution in [-0.2, 0) is 19.4 Å². The summed E-state index contributed by atoms with van der Waals surface area (Å²) in [7, 11) is 1.80. The second-order valence-corrected chi connectivity index (χ2v) is 5.15. The first kappa shape index (κ1) is 21.2. The van der Waals surface area contributed by atoms with Crippen molar-refractivity contribution >= 4 is 29.9 Å². The van der Waals surface area contributed by atoms with Gasteiger partial charge in [0.2, 0.25) is 0 Å². The minimum atomic E-state index is 0. The number of aryl methyl sites for hydroxylation is 2. The molecule has 0 fully saturated rings. The molecule has 0 saturated heterocycles. The molecule has 0 saturated carbocycles. The van der Waals surface area contributed by atoms with Crippen LogP contribution in [0.25, 0.3) is 0 Å². The largest absolute Gasteiger partial charge is 0.361 e. The quantitative estimate of drug-likeness (QED) is 0.276. The van der Waals surface area contributed by atoms with E-state index >= 15 is 0 Å². The molecule has 1 aromatic rings. The van der Waals surface area contributed by atoms with Crippen molar-refractivity contribution in [2.45, 2.75) is 65.8 Å². The van der Waals surface area contributed by atoms with Crippen LogP contribution >= 0.6 is 24.0 Å². The van der Waals surface area contributed by atoms with Gasteiger partial charge in [0.1, 0.15) is 5.76 Å². The lowest BCUT2D eigenvalue weighted by Gasteiger charge is -2.12. The van der Waals surface area contributed by atoms with E-state index < -0.39 is 0 Å². The summed E-state index contributed by atoms with van der Waals surface area (Å²) in [5, 5.41) is 10.8. The van der Waals surface area contributed by atoms with Crippen LogP contribution in [0.15, 0.2) is 9.52 Å². The van der Waals surface area contributed by atoms with Gasteiger partial charge in [-0.3, -0.25) is 4.99 Å². The van der Waals surface area contributed by atoms with Crippen LogP contribution in [0.2, 0.25) is 0 Å². The van der Waals surface area contributed by atoms with Crippen LogP contribution in [-0.4, -0.2) is 24.7 Å². The third-order valence-electron chi connectivity index (χ3n) is 3.59. The van der Waals surface area contributed by atoms with E-state index in [0.717, 1.165) is 36.8 Å². The van der Waals surface area contributed by atoms with Crippen LogP contribution in [0.5, 0.6) is 0 Å². The highest BCUT2D eigenvalue weighted by Crippen LogP contribution is 2.15. The molecule has 0 aromatic carbocycles. The number of guanidine groups is 1. The lowest BCUT2D eigenvalue weighted by atomic mass is 10.1. The lowest BCUT2D eigenvalue weighted by molar-refractivity contribution is 0.380. The van der Waals surface area contributed by atoms with Gasteiger partial charge in [-0.2, -0.15) is 0 Å². The highest BCUT2D eigenvalue weighted by atomic mass is 127. The van der Waals surface area contributed by atoms with Crippen molar-refractivity contribution in [3.63, 3.8) is 0 Å². The Morgan fingerprint density at radius 1 is 1.09 bits per heavy atom. The zero-order valence-electron chi connectivity index (χ0n) is 14.4. The molecular formula is C16H31IN4O. The molecule has 22 heavy (non-hydrogen) atoms. The molecule has 6 heteroatoms. The lowest BCUT2D eigenvalue weighted by Crippen LogP contribution is -2.37. The van der Waals surface area contributed by atoms with E-state index in [1.807, 2.05) is 0 Å². The first-order valence-electron chi connectivity index (χ1n) is 8.17. The Morgan fingerprint density at radius 2 is 1.86 bits per heavy atom. The summed E-state index contributed by atoms with van der Waals surface area (Å²) in [6, 6.07) is 0. The minimum absolute atomic E-state index is 0. The zero-order chi connectivity index (χ0) is 15.5. The van der Waals surface area contributed by atoms with Gasteiger partial charge in [-0.05, 0) is 12.8 Å². The summed E-state index contributed by atoms with van der Waals surface area (Å²) in [6.45, 7) is 8.09. The topological polar surface area (TPSA) is 62.5 Å². The zero-order valence-corrected chi connectivity index (χ0v) is 16.7. The highest BCUT2D eigenvalue weighted by molar-refractivity contribution is 14.0. The van der Waals surface area contributed by atoms with E-state index in [1.54, 1.807) is 7.05 Å². The van der Waals surface area contributed by atoms with E-state index in [0.29, 0.717) is 6.54 Å². The third-order valence-corrected chi connectivity index (χ3v) is 3.59. The Balaban J connectivity index is 0.00000441. The number of hydrogen-bond donors (Lipinski definition) is 2. The summed E-state index contributed by atoms with van der Waals surface area (Å²) in [4.78, 5) is 4.26. The van der Waals surface area contributed by atoms with E-state index in [-0.39, 0.29) is 24.0 Å². The molecule has 0 bridgehead atoms. The van der Waals surface area contributed by atoms with Gasteiger partial charge in [0, 0.05) is 32.1 Å². The Morgan fingerprint density at radius 3 is 2.45 bits per heavy atom. The SMILES string of the molecule is CCCCCCNC(=NC)NCc1c(CC)noc1CC.I. The summed E-state index contributed by atoms with van der Waals surface area (Å²) < 4.78 is 5.38. The minimum Gasteiger partial charge on any atom is -0.361 e. The van der Waals surface area contributed by atoms with Gasteiger partial charge in [-0.25, -0.2) is 0 Å². The van der Waals surface area contributed by atoms with Gasteiger partial charge in [0.25, 0.3) is 0 Å². The Bertz CT molecular complexity index is 410. The number of rotatable bonds is 9. The normalized spacial score (nSPS) is 11.2. The fraction of sp³-hybridized carbons (Fsp3) is 0.750. The molecular weight excluding hydrogens is 391 g/mol. The predicted molar refractivity (Wildman–Crippen MR) is 103 cm³/mol. The van der Waals surface area contributed by atoms with Crippen molar-refractivity contribution in [2.24, 2.45) is 4.99 Å². The first-order chi connectivity index (χ1) is 10.3. The Kier molecular flexibility index (Phi) is 12.3. The molecule has 0 aliphatic carbocycles. The standard InChI is InChI=1S/C16H30N4O.HI/c1-5-8-9-10-11-18-16(17-4)19-12-13-14(6-2)20-21-15(13)7-3;/h5-12H2,1-4H3,(H2,17,18,19);1H. The third kappa shape index (κ3) is 6.98. The number of unbranched alkanes of at least 4 members (excludes halogenated alkanes) is 3. The van der Waals surface area contributed by atoms with E-state index in [2.05, 4.69) is 41.6 Å². The molecule has 1 aromatic heterocycles. The molecule has 0 aliphatic heterocycles. The molecule has 0 amide bonds. The van der Waals surface area contributed by atoms with Gasteiger partial charge in [0.05, 0.1) is 5.69 Å². The van der Waals surface area contributed by atoms with E-state index in [9.17, 15) is 0 Å². The smallest absolute Gasteiger partial charge is 0.191 e. The van der Waals surface area contributed by atoms with E-state index in [4.69, 9.17) is 4.52 Å². The maximum absolute atomic E-state index is 5.38. The second-order valence-electron chi connectivity index (χ2n) is 5.15. The maximum atomic E-state index is 5.38. The Hall–Kier alpha value is -0.790.